The molecule has 148 valence electrons. The van der Waals surface area contributed by atoms with E-state index in [1.807, 2.05) is 17.0 Å². The maximum atomic E-state index is 12.6. The first-order valence-corrected chi connectivity index (χ1v) is 10.1. The number of carbonyl (C=O) groups excluding carboxylic acids is 1. The van der Waals surface area contributed by atoms with E-state index < -0.39 is 0 Å². The molecule has 0 bridgehead atoms. The fourth-order valence-corrected chi connectivity index (χ4v) is 3.74. The molecule has 1 amide bonds. The van der Waals surface area contributed by atoms with Crippen LogP contribution < -0.4 is 10.2 Å². The molecular formula is C20H24ClN5O2. The van der Waals surface area contributed by atoms with E-state index in [0.717, 1.165) is 50.7 Å². The van der Waals surface area contributed by atoms with E-state index in [0.29, 0.717) is 23.7 Å². The summed E-state index contributed by atoms with van der Waals surface area (Å²) in [6.07, 6.45) is 2.49. The highest BCUT2D eigenvalue weighted by molar-refractivity contribution is 6.30. The second kappa shape index (κ2) is 8.75. The molecule has 2 fully saturated rings. The van der Waals surface area contributed by atoms with Gasteiger partial charge in [-0.3, -0.25) is 4.79 Å². The number of amides is 1. The van der Waals surface area contributed by atoms with Gasteiger partial charge in [-0.15, -0.1) is 10.2 Å². The lowest BCUT2D eigenvalue weighted by atomic mass is 10.2. The Morgan fingerprint density at radius 2 is 2.04 bits per heavy atom. The lowest BCUT2D eigenvalue weighted by Crippen LogP contribution is -2.49. The highest BCUT2D eigenvalue weighted by Crippen LogP contribution is 2.18. The van der Waals surface area contributed by atoms with Crippen molar-refractivity contribution in [1.82, 2.24) is 15.1 Å². The Morgan fingerprint density at radius 3 is 2.71 bits per heavy atom. The molecule has 1 aromatic carbocycles. The van der Waals surface area contributed by atoms with Crippen molar-refractivity contribution in [2.75, 3.05) is 49.5 Å². The maximum Gasteiger partial charge on any atom is 0.254 e. The van der Waals surface area contributed by atoms with Gasteiger partial charge in [0.05, 0.1) is 6.10 Å². The maximum absolute atomic E-state index is 12.6. The van der Waals surface area contributed by atoms with Crippen molar-refractivity contribution in [3.05, 3.63) is 47.0 Å². The number of aromatic nitrogens is 2. The summed E-state index contributed by atoms with van der Waals surface area (Å²) in [7, 11) is 0. The molecule has 7 nitrogen and oxygen atoms in total. The van der Waals surface area contributed by atoms with Gasteiger partial charge in [-0.1, -0.05) is 17.7 Å². The summed E-state index contributed by atoms with van der Waals surface area (Å²) < 4.78 is 5.60. The van der Waals surface area contributed by atoms with Crippen LogP contribution >= 0.6 is 11.6 Å². The number of piperazine rings is 1. The predicted molar refractivity (Wildman–Crippen MR) is 109 cm³/mol. The average Bonchev–Trinajstić information content (AvgIpc) is 3.26. The Kier molecular flexibility index (Phi) is 5.92. The van der Waals surface area contributed by atoms with Gasteiger partial charge in [0.2, 0.25) is 0 Å². The van der Waals surface area contributed by atoms with Crippen LogP contribution in [0.5, 0.6) is 0 Å². The Labute approximate surface area is 169 Å². The van der Waals surface area contributed by atoms with Crippen molar-refractivity contribution in [3.8, 4) is 0 Å². The minimum atomic E-state index is 0.0157. The van der Waals surface area contributed by atoms with Crippen molar-refractivity contribution in [1.29, 1.82) is 0 Å². The van der Waals surface area contributed by atoms with Crippen LogP contribution in [-0.2, 0) is 4.74 Å². The van der Waals surface area contributed by atoms with Crippen LogP contribution in [0.1, 0.15) is 23.2 Å². The van der Waals surface area contributed by atoms with Crippen molar-refractivity contribution in [3.63, 3.8) is 0 Å². The number of ether oxygens (including phenoxy) is 1. The van der Waals surface area contributed by atoms with Gasteiger partial charge < -0.3 is 19.9 Å². The van der Waals surface area contributed by atoms with Crippen LogP contribution in [0.25, 0.3) is 0 Å². The molecule has 2 aliphatic rings. The van der Waals surface area contributed by atoms with Gasteiger partial charge >= 0.3 is 0 Å². The quantitative estimate of drug-likeness (QED) is 0.830. The smallest absolute Gasteiger partial charge is 0.254 e. The van der Waals surface area contributed by atoms with Gasteiger partial charge in [0.25, 0.3) is 5.91 Å². The van der Waals surface area contributed by atoms with E-state index in [2.05, 4.69) is 20.4 Å². The molecule has 1 unspecified atom stereocenters. The largest absolute Gasteiger partial charge is 0.376 e. The van der Waals surface area contributed by atoms with E-state index in [4.69, 9.17) is 16.3 Å². The molecule has 0 spiro atoms. The van der Waals surface area contributed by atoms with Gasteiger partial charge in [-0.2, -0.15) is 0 Å². The van der Waals surface area contributed by atoms with Crippen LogP contribution in [0.3, 0.4) is 0 Å². The second-order valence-corrected chi connectivity index (χ2v) is 7.52. The van der Waals surface area contributed by atoms with Crippen molar-refractivity contribution in [2.45, 2.75) is 18.9 Å². The number of benzene rings is 1. The number of rotatable bonds is 5. The summed E-state index contributed by atoms with van der Waals surface area (Å²) in [6, 6.07) is 11.0. The third-order valence-corrected chi connectivity index (χ3v) is 5.38. The first kappa shape index (κ1) is 19.0. The van der Waals surface area contributed by atoms with Crippen molar-refractivity contribution >= 4 is 29.1 Å². The molecule has 4 rings (SSSR count). The third-order valence-electron chi connectivity index (χ3n) is 5.15. The molecule has 8 heteroatoms. The molecule has 0 aliphatic carbocycles. The van der Waals surface area contributed by atoms with Gasteiger partial charge in [0.1, 0.15) is 5.82 Å². The molecule has 2 aliphatic heterocycles. The zero-order valence-corrected chi connectivity index (χ0v) is 16.4. The van der Waals surface area contributed by atoms with Gasteiger partial charge in [-0.25, -0.2) is 0 Å². The molecule has 1 N–H and O–H groups in total. The predicted octanol–water partition coefficient (Wildman–Crippen LogP) is 2.68. The zero-order chi connectivity index (χ0) is 19.3. The lowest BCUT2D eigenvalue weighted by molar-refractivity contribution is 0.0746. The van der Waals surface area contributed by atoms with Crippen LogP contribution in [0.2, 0.25) is 5.02 Å². The minimum Gasteiger partial charge on any atom is -0.376 e. The highest BCUT2D eigenvalue weighted by Gasteiger charge is 2.23. The zero-order valence-electron chi connectivity index (χ0n) is 15.7. The summed E-state index contributed by atoms with van der Waals surface area (Å²) in [5, 5.41) is 12.5. The number of nitrogens with zero attached hydrogens (tertiary/aromatic N) is 4. The molecule has 2 aromatic rings. The van der Waals surface area contributed by atoms with Crippen LogP contribution in [0.4, 0.5) is 11.6 Å². The number of carbonyl (C=O) groups is 1. The topological polar surface area (TPSA) is 70.6 Å². The minimum absolute atomic E-state index is 0.0157. The molecule has 28 heavy (non-hydrogen) atoms. The van der Waals surface area contributed by atoms with Gasteiger partial charge in [-0.05, 0) is 43.2 Å². The lowest BCUT2D eigenvalue weighted by Gasteiger charge is -2.35. The third kappa shape index (κ3) is 4.54. The molecule has 0 radical (unpaired) electrons. The van der Waals surface area contributed by atoms with E-state index >= 15 is 0 Å². The second-order valence-electron chi connectivity index (χ2n) is 7.08. The molecular weight excluding hydrogens is 378 g/mol. The summed E-state index contributed by atoms with van der Waals surface area (Å²) in [5.41, 5.74) is 0.627. The van der Waals surface area contributed by atoms with E-state index in [1.54, 1.807) is 24.3 Å². The normalized spacial score (nSPS) is 19.7. The van der Waals surface area contributed by atoms with E-state index in [1.165, 1.54) is 0 Å². The molecule has 1 aromatic heterocycles. The number of halogens is 1. The Balaban J connectivity index is 1.29. The fourth-order valence-electron chi connectivity index (χ4n) is 3.55. The molecule has 1 atom stereocenters. The molecule has 3 heterocycles. The van der Waals surface area contributed by atoms with Crippen LogP contribution in [0, 0.1) is 0 Å². The monoisotopic (exact) mass is 401 g/mol. The SMILES string of the molecule is O=C(c1cccc(Cl)c1)N1CCN(c2ccc(NCC3CCCO3)nn2)CC1. The van der Waals surface area contributed by atoms with E-state index in [9.17, 15) is 4.79 Å². The Bertz CT molecular complexity index is 802. The highest BCUT2D eigenvalue weighted by atomic mass is 35.5. The Morgan fingerprint density at radius 1 is 1.18 bits per heavy atom. The van der Waals surface area contributed by atoms with Crippen LogP contribution in [0.15, 0.2) is 36.4 Å². The van der Waals surface area contributed by atoms with Crippen molar-refractivity contribution in [2.24, 2.45) is 0 Å². The van der Waals surface area contributed by atoms with Gasteiger partial charge in [0, 0.05) is 49.9 Å². The first-order chi connectivity index (χ1) is 13.7. The summed E-state index contributed by atoms with van der Waals surface area (Å²) in [4.78, 5) is 16.6. The number of hydrogen-bond donors (Lipinski definition) is 1. The number of nitrogens with one attached hydrogen (secondary N) is 1. The summed E-state index contributed by atoms with van der Waals surface area (Å²) >= 11 is 6.00. The standard InChI is InChI=1S/C20H24ClN5O2/c21-16-4-1-3-15(13-16)20(27)26-10-8-25(9-11-26)19-7-6-18(23-24-19)22-14-17-5-2-12-28-17/h1,3-4,6-7,13,17H,2,5,8-12,14H2,(H,22,23). The molecule has 2 saturated heterocycles. The summed E-state index contributed by atoms with van der Waals surface area (Å²) in [6.45, 7) is 4.35. The number of anilines is 2. The fraction of sp³-hybridized carbons (Fsp3) is 0.450. The average molecular weight is 402 g/mol. The molecule has 0 saturated carbocycles. The van der Waals surface area contributed by atoms with Crippen LogP contribution in [-0.4, -0.2) is 66.4 Å². The van der Waals surface area contributed by atoms with Crippen molar-refractivity contribution < 1.29 is 9.53 Å². The first-order valence-electron chi connectivity index (χ1n) is 9.68. The number of hydrogen-bond acceptors (Lipinski definition) is 6. The Hall–Kier alpha value is -2.38. The summed E-state index contributed by atoms with van der Waals surface area (Å²) in [5.74, 6) is 1.61. The van der Waals surface area contributed by atoms with E-state index in [-0.39, 0.29) is 12.0 Å². The van der Waals surface area contributed by atoms with Gasteiger partial charge in [0.15, 0.2) is 5.82 Å².